The largest absolute Gasteiger partial charge is 0.492 e. The van der Waals surface area contributed by atoms with Crippen LogP contribution in [0.4, 0.5) is 0 Å². The summed E-state index contributed by atoms with van der Waals surface area (Å²) in [5.74, 6) is 0.334. The van der Waals surface area contributed by atoms with E-state index < -0.39 is 9.05 Å². The summed E-state index contributed by atoms with van der Waals surface area (Å²) >= 11 is 0. The predicted molar refractivity (Wildman–Crippen MR) is 81.3 cm³/mol. The molecular weight excluding hydrogens is 312 g/mol. The highest BCUT2D eigenvalue weighted by Crippen LogP contribution is 2.31. The van der Waals surface area contributed by atoms with Crippen molar-refractivity contribution in [3.8, 4) is 5.75 Å². The second-order valence-electron chi connectivity index (χ2n) is 4.85. The van der Waals surface area contributed by atoms with Gasteiger partial charge in [0.1, 0.15) is 10.6 Å². The van der Waals surface area contributed by atoms with Gasteiger partial charge >= 0.3 is 0 Å². The standard InChI is InChI=1S/C14H17ClN2O3S/c1-11-8-12(2)14(13(9-11)21(15,18)19)20-7-3-5-17-6-4-16-10-17/h4,6,8-10H,3,5,7H2,1-2H3. The summed E-state index contributed by atoms with van der Waals surface area (Å²) in [7, 11) is 1.65. The quantitative estimate of drug-likeness (QED) is 0.604. The first kappa shape index (κ1) is 15.9. The van der Waals surface area contributed by atoms with E-state index in [-0.39, 0.29) is 4.90 Å². The molecule has 0 aliphatic heterocycles. The number of aromatic nitrogens is 2. The van der Waals surface area contributed by atoms with Gasteiger partial charge in [-0.25, -0.2) is 13.4 Å². The third-order valence-electron chi connectivity index (χ3n) is 3.01. The van der Waals surface area contributed by atoms with Crippen molar-refractivity contribution >= 4 is 19.7 Å². The normalized spacial score (nSPS) is 11.6. The van der Waals surface area contributed by atoms with Gasteiger partial charge < -0.3 is 9.30 Å². The molecule has 0 aliphatic rings. The average Bonchev–Trinajstić information content (AvgIpc) is 2.87. The van der Waals surface area contributed by atoms with Gasteiger partial charge in [0.15, 0.2) is 0 Å². The minimum atomic E-state index is -3.83. The molecule has 0 spiro atoms. The second kappa shape index (κ2) is 6.49. The molecule has 0 amide bonds. The SMILES string of the molecule is Cc1cc(C)c(OCCCn2ccnc2)c(S(=O)(=O)Cl)c1. The molecule has 114 valence electrons. The van der Waals surface area contributed by atoms with Gasteiger partial charge in [0.2, 0.25) is 0 Å². The van der Waals surface area contributed by atoms with Crippen molar-refractivity contribution in [1.82, 2.24) is 9.55 Å². The summed E-state index contributed by atoms with van der Waals surface area (Å²) in [4.78, 5) is 3.99. The van der Waals surface area contributed by atoms with Gasteiger partial charge in [-0.2, -0.15) is 0 Å². The maximum Gasteiger partial charge on any atom is 0.265 e. The Labute approximate surface area is 128 Å². The van der Waals surface area contributed by atoms with Crippen LogP contribution in [0.1, 0.15) is 17.5 Å². The van der Waals surface area contributed by atoms with Crippen molar-refractivity contribution in [3.05, 3.63) is 42.0 Å². The zero-order chi connectivity index (χ0) is 15.5. The summed E-state index contributed by atoms with van der Waals surface area (Å²) in [5.41, 5.74) is 1.59. The van der Waals surface area contributed by atoms with Crippen LogP contribution in [-0.4, -0.2) is 24.6 Å². The van der Waals surface area contributed by atoms with E-state index in [1.807, 2.05) is 30.7 Å². The maximum atomic E-state index is 11.7. The fourth-order valence-corrected chi connectivity index (χ4v) is 3.23. The molecule has 0 bridgehead atoms. The molecule has 1 heterocycles. The number of rotatable bonds is 6. The third-order valence-corrected chi connectivity index (χ3v) is 4.34. The average molecular weight is 329 g/mol. The lowest BCUT2D eigenvalue weighted by molar-refractivity contribution is 0.292. The molecule has 0 atom stereocenters. The van der Waals surface area contributed by atoms with Crippen LogP contribution in [0, 0.1) is 13.8 Å². The summed E-state index contributed by atoms with van der Waals surface area (Å²) in [5, 5.41) is 0. The van der Waals surface area contributed by atoms with Crippen molar-refractivity contribution in [3.63, 3.8) is 0 Å². The lowest BCUT2D eigenvalue weighted by Gasteiger charge is -2.13. The molecule has 5 nitrogen and oxygen atoms in total. The highest BCUT2D eigenvalue weighted by molar-refractivity contribution is 8.13. The first-order valence-corrected chi connectivity index (χ1v) is 8.83. The Morgan fingerprint density at radius 3 is 2.71 bits per heavy atom. The van der Waals surface area contributed by atoms with Gasteiger partial charge in [0, 0.05) is 29.6 Å². The van der Waals surface area contributed by atoms with E-state index in [4.69, 9.17) is 15.4 Å². The van der Waals surface area contributed by atoms with Crippen molar-refractivity contribution in [2.75, 3.05) is 6.61 Å². The number of aryl methyl sites for hydroxylation is 3. The molecule has 2 rings (SSSR count). The number of hydrogen-bond acceptors (Lipinski definition) is 4. The highest BCUT2D eigenvalue weighted by Gasteiger charge is 2.19. The fraction of sp³-hybridized carbons (Fsp3) is 0.357. The maximum absolute atomic E-state index is 11.7. The molecule has 0 fully saturated rings. The van der Waals surface area contributed by atoms with Gasteiger partial charge in [0.05, 0.1) is 12.9 Å². The predicted octanol–water partition coefficient (Wildman–Crippen LogP) is 2.90. The van der Waals surface area contributed by atoms with Crippen molar-refractivity contribution in [1.29, 1.82) is 0 Å². The number of benzene rings is 1. The van der Waals surface area contributed by atoms with Crippen molar-refractivity contribution in [2.24, 2.45) is 0 Å². The summed E-state index contributed by atoms with van der Waals surface area (Å²) in [6, 6.07) is 3.40. The van der Waals surface area contributed by atoms with Crippen LogP contribution in [-0.2, 0) is 15.6 Å². The van der Waals surface area contributed by atoms with E-state index in [0.717, 1.165) is 24.1 Å². The van der Waals surface area contributed by atoms with Crippen LogP contribution < -0.4 is 4.74 Å². The van der Waals surface area contributed by atoms with E-state index in [0.29, 0.717) is 12.4 Å². The fourth-order valence-electron chi connectivity index (χ4n) is 2.12. The first-order valence-electron chi connectivity index (χ1n) is 6.52. The van der Waals surface area contributed by atoms with Gasteiger partial charge in [-0.05, 0) is 37.5 Å². The Hall–Kier alpha value is -1.53. The van der Waals surface area contributed by atoms with Crippen LogP contribution >= 0.6 is 10.7 Å². The van der Waals surface area contributed by atoms with Crippen LogP contribution in [0.2, 0.25) is 0 Å². The number of nitrogens with zero attached hydrogens (tertiary/aromatic N) is 2. The Balaban J connectivity index is 2.08. The smallest absolute Gasteiger partial charge is 0.265 e. The minimum absolute atomic E-state index is 0.0318. The van der Waals surface area contributed by atoms with E-state index in [9.17, 15) is 8.42 Å². The zero-order valence-electron chi connectivity index (χ0n) is 11.9. The third kappa shape index (κ3) is 4.22. The summed E-state index contributed by atoms with van der Waals surface area (Å²) < 4.78 is 30.9. The topological polar surface area (TPSA) is 61.2 Å². The van der Waals surface area contributed by atoms with Crippen molar-refractivity contribution < 1.29 is 13.2 Å². The number of hydrogen-bond donors (Lipinski definition) is 0. The summed E-state index contributed by atoms with van der Waals surface area (Å²) in [6.45, 7) is 4.79. The van der Waals surface area contributed by atoms with Gasteiger partial charge in [0.25, 0.3) is 9.05 Å². The van der Waals surface area contributed by atoms with E-state index in [1.165, 1.54) is 6.07 Å². The Morgan fingerprint density at radius 1 is 1.33 bits per heavy atom. The molecular formula is C14H17ClN2O3S. The van der Waals surface area contributed by atoms with E-state index in [2.05, 4.69) is 4.98 Å². The number of halogens is 1. The molecule has 0 radical (unpaired) electrons. The lowest BCUT2D eigenvalue weighted by Crippen LogP contribution is -2.07. The van der Waals surface area contributed by atoms with E-state index in [1.54, 1.807) is 12.5 Å². The van der Waals surface area contributed by atoms with E-state index >= 15 is 0 Å². The molecule has 0 saturated heterocycles. The first-order chi connectivity index (χ1) is 9.88. The zero-order valence-corrected chi connectivity index (χ0v) is 13.5. The number of ether oxygens (including phenoxy) is 1. The van der Waals surface area contributed by atoms with Crippen LogP contribution in [0.15, 0.2) is 35.7 Å². The molecule has 0 N–H and O–H groups in total. The molecule has 0 saturated carbocycles. The monoisotopic (exact) mass is 328 g/mol. The van der Waals surface area contributed by atoms with Gasteiger partial charge in [-0.3, -0.25) is 0 Å². The van der Waals surface area contributed by atoms with Gasteiger partial charge in [-0.15, -0.1) is 0 Å². The lowest BCUT2D eigenvalue weighted by atomic mass is 10.1. The van der Waals surface area contributed by atoms with Crippen molar-refractivity contribution in [2.45, 2.75) is 31.7 Å². The molecule has 7 heteroatoms. The Morgan fingerprint density at radius 2 is 2.10 bits per heavy atom. The molecule has 2 aromatic rings. The minimum Gasteiger partial charge on any atom is -0.492 e. The Kier molecular flexibility index (Phi) is 4.90. The molecule has 1 aromatic heterocycles. The molecule has 0 unspecified atom stereocenters. The van der Waals surface area contributed by atoms with Crippen LogP contribution in [0.3, 0.4) is 0 Å². The summed E-state index contributed by atoms with van der Waals surface area (Å²) in [6.07, 6.45) is 6.05. The second-order valence-corrected chi connectivity index (χ2v) is 7.38. The molecule has 21 heavy (non-hydrogen) atoms. The molecule has 0 aliphatic carbocycles. The highest BCUT2D eigenvalue weighted by atomic mass is 35.7. The Bertz CT molecular complexity index is 712. The van der Waals surface area contributed by atoms with Crippen LogP contribution in [0.5, 0.6) is 5.75 Å². The molecule has 1 aromatic carbocycles. The van der Waals surface area contributed by atoms with Crippen LogP contribution in [0.25, 0.3) is 0 Å². The van der Waals surface area contributed by atoms with Gasteiger partial charge in [-0.1, -0.05) is 6.07 Å². The number of imidazole rings is 1.